The highest BCUT2D eigenvalue weighted by molar-refractivity contribution is 6.30. The van der Waals surface area contributed by atoms with Crippen LogP contribution in [0.3, 0.4) is 0 Å². The first-order valence-electron chi connectivity index (χ1n) is 11.6. The smallest absolute Gasteiger partial charge is 0.299 e. The molecular weight excluding hydrogens is 512 g/mol. The molecule has 0 spiro atoms. The molecule has 1 amide bonds. The predicted octanol–water partition coefficient (Wildman–Crippen LogP) is 4.53. The lowest BCUT2D eigenvalue weighted by atomic mass is 10.2. The number of ether oxygens (including phenoxy) is 4. The van der Waals surface area contributed by atoms with Crippen molar-refractivity contribution in [2.24, 2.45) is 0 Å². The lowest BCUT2D eigenvalue weighted by Crippen LogP contribution is -2.27. The summed E-state index contributed by atoms with van der Waals surface area (Å²) in [7, 11) is 1.56. The van der Waals surface area contributed by atoms with Gasteiger partial charge in [-0.25, -0.2) is 0 Å². The molecular formula is C27H23ClN4O6. The molecule has 1 aliphatic rings. The van der Waals surface area contributed by atoms with Crippen molar-refractivity contribution < 1.29 is 23.7 Å². The Morgan fingerprint density at radius 2 is 1.92 bits per heavy atom. The van der Waals surface area contributed by atoms with Crippen molar-refractivity contribution in [1.29, 1.82) is 0 Å². The number of benzene rings is 3. The third kappa shape index (κ3) is 5.56. The van der Waals surface area contributed by atoms with Gasteiger partial charge in [0, 0.05) is 36.0 Å². The van der Waals surface area contributed by atoms with Gasteiger partial charge in [-0.15, -0.1) is 0 Å². The fourth-order valence-electron chi connectivity index (χ4n) is 3.74. The normalized spacial score (nSPS) is 11.7. The van der Waals surface area contributed by atoms with E-state index in [4.69, 9.17) is 30.5 Å². The van der Waals surface area contributed by atoms with Crippen LogP contribution < -0.4 is 30.4 Å². The van der Waals surface area contributed by atoms with E-state index in [2.05, 4.69) is 15.7 Å². The molecule has 4 aromatic rings. The van der Waals surface area contributed by atoms with Gasteiger partial charge in [0.15, 0.2) is 22.9 Å². The molecule has 38 heavy (non-hydrogen) atoms. The number of methoxy groups -OCH3 is 1. The van der Waals surface area contributed by atoms with Gasteiger partial charge in [-0.3, -0.25) is 9.59 Å². The molecule has 5 rings (SSSR count). The molecule has 1 aliphatic heterocycles. The number of rotatable bonds is 9. The molecule has 1 aromatic heterocycles. The number of carbonyl (C=O) groups is 1. The number of nitrogens with one attached hydrogen (secondary N) is 2. The zero-order chi connectivity index (χ0) is 26.5. The van der Waals surface area contributed by atoms with Crippen LogP contribution in [0.5, 0.6) is 23.0 Å². The average Bonchev–Trinajstić information content (AvgIpc) is 3.39. The molecule has 0 saturated heterocycles. The van der Waals surface area contributed by atoms with Crippen molar-refractivity contribution in [2.75, 3.05) is 32.4 Å². The van der Waals surface area contributed by atoms with Crippen LogP contribution in [0.2, 0.25) is 5.02 Å². The summed E-state index contributed by atoms with van der Waals surface area (Å²) in [6.45, 7) is 0.887. The molecule has 10 nitrogen and oxygen atoms in total. The number of amides is 1. The third-order valence-corrected chi connectivity index (χ3v) is 5.79. The van der Waals surface area contributed by atoms with E-state index in [1.807, 2.05) is 0 Å². The maximum absolute atomic E-state index is 13.7. The highest BCUT2D eigenvalue weighted by Crippen LogP contribution is 2.37. The Morgan fingerprint density at radius 1 is 1.08 bits per heavy atom. The van der Waals surface area contributed by atoms with Gasteiger partial charge in [0.1, 0.15) is 5.75 Å². The standard InChI is InChI=1S/C27H23ClN4O6/c1-35-11-10-29-26(33)17-4-2-6-19(12-17)31-25-24(38-21-8-9-22-23(14-21)37-16-36-22)15-30-32(27(25)34)20-7-3-5-18(28)13-20/h2-9,12-15,31H,10-11,16H2,1H3,(H,29,33). The van der Waals surface area contributed by atoms with E-state index >= 15 is 0 Å². The minimum absolute atomic E-state index is 0.106. The van der Waals surface area contributed by atoms with Crippen LogP contribution in [-0.2, 0) is 4.74 Å². The SMILES string of the molecule is COCCNC(=O)c1cccc(Nc2c(Oc3ccc4c(c3)OCO4)cnn(-c3cccc(Cl)c3)c2=O)c1. The largest absolute Gasteiger partial charge is 0.454 e. The number of hydrogen-bond acceptors (Lipinski definition) is 8. The first-order valence-corrected chi connectivity index (χ1v) is 12.0. The second-order valence-corrected chi connectivity index (χ2v) is 8.59. The van der Waals surface area contributed by atoms with E-state index in [0.717, 1.165) is 0 Å². The molecule has 11 heteroatoms. The van der Waals surface area contributed by atoms with Gasteiger partial charge in [0.05, 0.1) is 18.5 Å². The first-order chi connectivity index (χ1) is 18.5. The number of aromatic nitrogens is 2. The van der Waals surface area contributed by atoms with E-state index in [1.54, 1.807) is 73.8 Å². The minimum atomic E-state index is -0.486. The summed E-state index contributed by atoms with van der Waals surface area (Å²) in [5.41, 5.74) is 1.01. The molecule has 0 saturated carbocycles. The number of hydrogen-bond donors (Lipinski definition) is 2. The summed E-state index contributed by atoms with van der Waals surface area (Å²) in [4.78, 5) is 26.2. The van der Waals surface area contributed by atoms with Gasteiger partial charge >= 0.3 is 0 Å². The van der Waals surface area contributed by atoms with Gasteiger partial charge < -0.3 is 29.6 Å². The molecule has 194 valence electrons. The van der Waals surface area contributed by atoms with Crippen LogP contribution >= 0.6 is 11.6 Å². The molecule has 0 radical (unpaired) electrons. The quantitative estimate of drug-likeness (QED) is 0.301. The second-order valence-electron chi connectivity index (χ2n) is 8.15. The molecule has 0 aliphatic carbocycles. The number of halogens is 1. The summed E-state index contributed by atoms with van der Waals surface area (Å²) >= 11 is 6.14. The molecule has 0 bridgehead atoms. The fraction of sp³-hybridized carbons (Fsp3) is 0.148. The Morgan fingerprint density at radius 3 is 2.76 bits per heavy atom. The van der Waals surface area contributed by atoms with E-state index in [1.165, 1.54) is 10.9 Å². The molecule has 2 heterocycles. The van der Waals surface area contributed by atoms with E-state index in [0.29, 0.717) is 52.4 Å². The Balaban J connectivity index is 1.51. The van der Waals surface area contributed by atoms with E-state index < -0.39 is 5.56 Å². The third-order valence-electron chi connectivity index (χ3n) is 5.55. The van der Waals surface area contributed by atoms with E-state index in [9.17, 15) is 9.59 Å². The molecule has 0 fully saturated rings. The van der Waals surface area contributed by atoms with Crippen molar-refractivity contribution in [1.82, 2.24) is 15.1 Å². The Kier molecular flexibility index (Phi) is 7.43. The Labute approximate surface area is 222 Å². The fourth-order valence-corrected chi connectivity index (χ4v) is 3.93. The number of fused-ring (bicyclic) bond motifs is 1. The molecule has 3 aromatic carbocycles. The minimum Gasteiger partial charge on any atom is -0.454 e. The maximum atomic E-state index is 13.7. The Bertz CT molecular complexity index is 1540. The van der Waals surface area contributed by atoms with Crippen LogP contribution in [0, 0.1) is 0 Å². The molecule has 0 atom stereocenters. The van der Waals surface area contributed by atoms with Gasteiger partial charge in [-0.2, -0.15) is 9.78 Å². The number of nitrogens with zero attached hydrogens (tertiary/aromatic N) is 2. The lowest BCUT2D eigenvalue weighted by Gasteiger charge is -2.15. The van der Waals surface area contributed by atoms with Gasteiger partial charge in [0.25, 0.3) is 11.5 Å². The summed E-state index contributed by atoms with van der Waals surface area (Å²) in [6, 6.07) is 18.6. The van der Waals surface area contributed by atoms with E-state index in [-0.39, 0.29) is 24.1 Å². The average molecular weight is 535 g/mol. The first kappa shape index (κ1) is 25.1. The van der Waals surface area contributed by atoms with Crippen LogP contribution in [0.25, 0.3) is 5.69 Å². The monoisotopic (exact) mass is 534 g/mol. The van der Waals surface area contributed by atoms with Crippen LogP contribution in [0.15, 0.2) is 77.7 Å². The van der Waals surface area contributed by atoms with Gasteiger partial charge in [-0.05, 0) is 48.5 Å². The van der Waals surface area contributed by atoms with Crippen molar-refractivity contribution >= 4 is 28.9 Å². The zero-order valence-corrected chi connectivity index (χ0v) is 21.0. The summed E-state index contributed by atoms with van der Waals surface area (Å²) in [5, 5.41) is 10.6. The Hall–Kier alpha value is -4.54. The van der Waals surface area contributed by atoms with Crippen LogP contribution in [0.4, 0.5) is 11.4 Å². The molecule has 2 N–H and O–H groups in total. The zero-order valence-electron chi connectivity index (χ0n) is 20.3. The highest BCUT2D eigenvalue weighted by atomic mass is 35.5. The summed E-state index contributed by atoms with van der Waals surface area (Å²) in [5.74, 6) is 1.45. The van der Waals surface area contributed by atoms with Gasteiger partial charge in [-0.1, -0.05) is 23.7 Å². The highest BCUT2D eigenvalue weighted by Gasteiger charge is 2.19. The molecule has 0 unspecified atom stereocenters. The van der Waals surface area contributed by atoms with Crippen molar-refractivity contribution in [3.05, 3.63) is 93.9 Å². The number of anilines is 2. The van der Waals surface area contributed by atoms with Crippen molar-refractivity contribution in [2.45, 2.75) is 0 Å². The van der Waals surface area contributed by atoms with Crippen LogP contribution in [0.1, 0.15) is 10.4 Å². The number of carbonyl (C=O) groups excluding carboxylic acids is 1. The topological polar surface area (TPSA) is 113 Å². The van der Waals surface area contributed by atoms with Crippen molar-refractivity contribution in [3.8, 4) is 28.7 Å². The van der Waals surface area contributed by atoms with Gasteiger partial charge in [0.2, 0.25) is 6.79 Å². The predicted molar refractivity (Wildman–Crippen MR) is 141 cm³/mol. The summed E-state index contributed by atoms with van der Waals surface area (Å²) in [6.07, 6.45) is 1.43. The maximum Gasteiger partial charge on any atom is 0.299 e. The van der Waals surface area contributed by atoms with Crippen LogP contribution in [-0.4, -0.2) is 42.7 Å². The second kappa shape index (κ2) is 11.2. The lowest BCUT2D eigenvalue weighted by molar-refractivity contribution is 0.0937. The van der Waals surface area contributed by atoms with Crippen molar-refractivity contribution in [3.63, 3.8) is 0 Å². The summed E-state index contributed by atoms with van der Waals surface area (Å²) < 4.78 is 23.0.